The van der Waals surface area contributed by atoms with E-state index < -0.39 is 12.0 Å². The summed E-state index contributed by atoms with van der Waals surface area (Å²) in [6.07, 6.45) is 4.81. The molecule has 0 spiro atoms. The lowest BCUT2D eigenvalue weighted by Gasteiger charge is -2.25. The van der Waals surface area contributed by atoms with Gasteiger partial charge >= 0.3 is 5.97 Å². The van der Waals surface area contributed by atoms with Crippen LogP contribution in [0.15, 0.2) is 107 Å². The Bertz CT molecular complexity index is 1800. The summed E-state index contributed by atoms with van der Waals surface area (Å²) < 4.78 is 13.4. The van der Waals surface area contributed by atoms with E-state index in [0.717, 1.165) is 28.0 Å². The van der Waals surface area contributed by atoms with Crippen LogP contribution in [0.2, 0.25) is 5.02 Å². The Kier molecular flexibility index (Phi) is 8.67. The van der Waals surface area contributed by atoms with Crippen molar-refractivity contribution in [2.45, 2.75) is 32.4 Å². The molecule has 0 bridgehead atoms. The molecule has 2 heterocycles. The van der Waals surface area contributed by atoms with Crippen LogP contribution in [0.3, 0.4) is 0 Å². The molecule has 0 saturated heterocycles. The minimum Gasteiger partial charge on any atom is -0.489 e. The molecule has 1 aromatic heterocycles. The number of halogens is 1. The van der Waals surface area contributed by atoms with Crippen molar-refractivity contribution in [3.63, 3.8) is 0 Å². The summed E-state index contributed by atoms with van der Waals surface area (Å²) in [6.45, 7) is 6.24. The van der Waals surface area contributed by atoms with Crippen molar-refractivity contribution in [3.05, 3.63) is 144 Å². The standard InChI is InChI=1S/C33H29ClN2O4S/c1-4-9-24-18-22(14-17-27(24)40-20-21-12-15-25(34)16-13-21)19-28-31(37)36-30(23-10-7-6-8-11-23)29(32(38)39-3)26(5-2)35-33(36)41-28/h4,6-8,10-19,30H,1,5,9,20H2,2-3H3/b28-19-/t30-/m0/s1. The van der Waals surface area contributed by atoms with Gasteiger partial charge in [-0.2, -0.15) is 0 Å². The lowest BCUT2D eigenvalue weighted by molar-refractivity contribution is -0.136. The van der Waals surface area contributed by atoms with E-state index in [9.17, 15) is 9.59 Å². The largest absolute Gasteiger partial charge is 0.489 e. The van der Waals surface area contributed by atoms with Gasteiger partial charge in [0.25, 0.3) is 5.56 Å². The highest BCUT2D eigenvalue weighted by Gasteiger charge is 2.33. The molecule has 41 heavy (non-hydrogen) atoms. The predicted molar refractivity (Wildman–Crippen MR) is 163 cm³/mol. The fraction of sp³-hybridized carbons (Fsp3) is 0.182. The Balaban J connectivity index is 1.56. The Morgan fingerprint density at radius 2 is 1.88 bits per heavy atom. The second kappa shape index (κ2) is 12.5. The van der Waals surface area contributed by atoms with Gasteiger partial charge in [-0.1, -0.05) is 84.5 Å². The maximum absolute atomic E-state index is 13.9. The van der Waals surface area contributed by atoms with Gasteiger partial charge in [0, 0.05) is 5.02 Å². The molecule has 1 aliphatic rings. The molecule has 8 heteroatoms. The molecule has 0 radical (unpaired) electrons. The summed E-state index contributed by atoms with van der Waals surface area (Å²) in [6, 6.07) is 22.3. The lowest BCUT2D eigenvalue weighted by atomic mass is 9.95. The van der Waals surface area contributed by atoms with Gasteiger partial charge in [-0.3, -0.25) is 9.36 Å². The molecular weight excluding hydrogens is 556 g/mol. The summed E-state index contributed by atoms with van der Waals surface area (Å²) in [4.78, 5) is 32.1. The number of carbonyl (C=O) groups is 1. The van der Waals surface area contributed by atoms with E-state index in [2.05, 4.69) is 6.58 Å². The summed E-state index contributed by atoms with van der Waals surface area (Å²) in [5.41, 5.74) is 4.42. The quantitative estimate of drug-likeness (QED) is 0.185. The Labute approximate surface area is 247 Å². The maximum atomic E-state index is 13.9. The first-order chi connectivity index (χ1) is 19.9. The topological polar surface area (TPSA) is 69.9 Å². The molecule has 1 aliphatic heterocycles. The monoisotopic (exact) mass is 584 g/mol. The van der Waals surface area contributed by atoms with Gasteiger partial charge in [-0.25, -0.2) is 9.79 Å². The van der Waals surface area contributed by atoms with Crippen LogP contribution >= 0.6 is 22.9 Å². The molecule has 6 nitrogen and oxygen atoms in total. The maximum Gasteiger partial charge on any atom is 0.338 e. The number of ether oxygens (including phenoxy) is 2. The number of rotatable bonds is 9. The number of thiazole rings is 1. The van der Waals surface area contributed by atoms with Crippen molar-refractivity contribution >= 4 is 35.0 Å². The number of fused-ring (bicyclic) bond motifs is 1. The van der Waals surface area contributed by atoms with E-state index in [0.29, 0.717) is 45.1 Å². The summed E-state index contributed by atoms with van der Waals surface area (Å²) in [5, 5.41) is 0.679. The van der Waals surface area contributed by atoms with Gasteiger partial charge in [0.05, 0.1) is 29.0 Å². The molecular formula is C33H29ClN2O4S. The molecule has 0 amide bonds. The van der Waals surface area contributed by atoms with E-state index in [1.807, 2.05) is 91.9 Å². The first-order valence-corrected chi connectivity index (χ1v) is 14.4. The first-order valence-electron chi connectivity index (χ1n) is 13.2. The summed E-state index contributed by atoms with van der Waals surface area (Å²) in [5.74, 6) is 0.259. The normalized spacial score (nSPS) is 14.8. The molecule has 3 aromatic carbocycles. The Hall–Kier alpha value is -4.20. The Morgan fingerprint density at radius 1 is 1.12 bits per heavy atom. The third-order valence-electron chi connectivity index (χ3n) is 6.82. The second-order valence-corrected chi connectivity index (χ2v) is 10.9. The Morgan fingerprint density at radius 3 is 2.56 bits per heavy atom. The van der Waals surface area contributed by atoms with Gasteiger partial charge in [0.2, 0.25) is 0 Å². The number of nitrogens with zero attached hydrogens (tertiary/aromatic N) is 2. The van der Waals surface area contributed by atoms with Crippen LogP contribution in [0.25, 0.3) is 6.08 Å². The lowest BCUT2D eigenvalue weighted by Crippen LogP contribution is -2.40. The highest BCUT2D eigenvalue weighted by atomic mass is 35.5. The first kappa shape index (κ1) is 28.3. The van der Waals surface area contributed by atoms with Crippen molar-refractivity contribution in [3.8, 4) is 5.75 Å². The van der Waals surface area contributed by atoms with Gasteiger partial charge in [0.15, 0.2) is 4.80 Å². The number of hydrogen-bond acceptors (Lipinski definition) is 6. The van der Waals surface area contributed by atoms with Crippen LogP contribution in [0.5, 0.6) is 5.75 Å². The van der Waals surface area contributed by atoms with E-state index >= 15 is 0 Å². The average molecular weight is 585 g/mol. The zero-order valence-corrected chi connectivity index (χ0v) is 24.4. The molecule has 208 valence electrons. The number of allylic oxidation sites excluding steroid dienone is 2. The SMILES string of the molecule is C=CCc1cc(/C=c2\sc3n(c2=O)[C@@H](c2ccccc2)C(C(=O)OC)=C(CC)N=3)ccc1OCc1ccc(Cl)cc1. The van der Waals surface area contributed by atoms with Crippen LogP contribution in [-0.4, -0.2) is 17.6 Å². The molecule has 1 atom stereocenters. The average Bonchev–Trinajstić information content (AvgIpc) is 3.30. The molecule has 0 aliphatic carbocycles. The van der Waals surface area contributed by atoms with Gasteiger partial charge in [-0.15, -0.1) is 6.58 Å². The van der Waals surface area contributed by atoms with Gasteiger partial charge in [-0.05, 0) is 65.4 Å². The smallest absolute Gasteiger partial charge is 0.338 e. The molecule has 0 unspecified atom stereocenters. The van der Waals surface area contributed by atoms with Crippen LogP contribution in [0.4, 0.5) is 0 Å². The third kappa shape index (κ3) is 5.97. The number of methoxy groups -OCH3 is 1. The van der Waals surface area contributed by atoms with Gasteiger partial charge in [0.1, 0.15) is 12.4 Å². The van der Waals surface area contributed by atoms with Crippen LogP contribution in [-0.2, 0) is 22.6 Å². The minimum absolute atomic E-state index is 0.215. The van der Waals surface area contributed by atoms with E-state index in [-0.39, 0.29) is 5.56 Å². The van der Waals surface area contributed by atoms with Crippen LogP contribution in [0, 0.1) is 0 Å². The van der Waals surface area contributed by atoms with Crippen molar-refractivity contribution in [2.75, 3.05) is 7.11 Å². The molecule has 0 N–H and O–H groups in total. The summed E-state index contributed by atoms with van der Waals surface area (Å²) in [7, 11) is 1.35. The van der Waals surface area contributed by atoms with E-state index in [1.165, 1.54) is 18.4 Å². The zero-order chi connectivity index (χ0) is 28.9. The van der Waals surface area contributed by atoms with Gasteiger partial charge < -0.3 is 9.47 Å². The van der Waals surface area contributed by atoms with Crippen LogP contribution in [0.1, 0.15) is 41.6 Å². The number of benzene rings is 3. The second-order valence-electron chi connectivity index (χ2n) is 9.47. The summed E-state index contributed by atoms with van der Waals surface area (Å²) >= 11 is 7.31. The fourth-order valence-corrected chi connectivity index (χ4v) is 6.00. The molecule has 4 aromatic rings. The number of hydrogen-bond donors (Lipinski definition) is 0. The van der Waals surface area contributed by atoms with E-state index in [4.69, 9.17) is 26.1 Å². The number of esters is 1. The highest BCUT2D eigenvalue weighted by Crippen LogP contribution is 2.31. The third-order valence-corrected chi connectivity index (χ3v) is 8.05. The van der Waals surface area contributed by atoms with Crippen molar-refractivity contribution < 1.29 is 14.3 Å². The zero-order valence-electron chi connectivity index (χ0n) is 22.8. The minimum atomic E-state index is -0.628. The molecule has 0 saturated carbocycles. The van der Waals surface area contributed by atoms with Crippen molar-refractivity contribution in [1.29, 1.82) is 0 Å². The molecule has 0 fully saturated rings. The number of aromatic nitrogens is 1. The van der Waals surface area contributed by atoms with Crippen LogP contribution < -0.4 is 19.6 Å². The van der Waals surface area contributed by atoms with Crippen molar-refractivity contribution in [1.82, 2.24) is 4.57 Å². The molecule has 5 rings (SSSR count). The fourth-order valence-electron chi connectivity index (χ4n) is 4.85. The highest BCUT2D eigenvalue weighted by molar-refractivity contribution is 7.07. The van der Waals surface area contributed by atoms with Crippen molar-refractivity contribution in [2.24, 2.45) is 4.99 Å². The van der Waals surface area contributed by atoms with E-state index in [1.54, 1.807) is 4.57 Å². The number of carbonyl (C=O) groups excluding carboxylic acids is 1. The predicted octanol–water partition coefficient (Wildman–Crippen LogP) is 5.76.